The summed E-state index contributed by atoms with van der Waals surface area (Å²) in [6.45, 7) is 8.68. The second kappa shape index (κ2) is 19.2. The van der Waals surface area contributed by atoms with Crippen molar-refractivity contribution in [2.75, 3.05) is 13.7 Å². The van der Waals surface area contributed by atoms with Crippen LogP contribution in [0.4, 0.5) is 4.79 Å². The number of benzene rings is 2. The second-order valence-electron chi connectivity index (χ2n) is 13.0. The van der Waals surface area contributed by atoms with E-state index in [-0.39, 0.29) is 43.9 Å². The molecule has 4 atom stereocenters. The number of carbonyl (C=O) groups is 5. The minimum absolute atomic E-state index is 0.0357. The molecule has 0 aromatic heterocycles. The van der Waals surface area contributed by atoms with Crippen molar-refractivity contribution in [1.29, 1.82) is 0 Å². The molecule has 0 unspecified atom stereocenters. The molecule has 4 amide bonds. The standard InChI is InChI=1S/C35H50N4O9/c1-22(2)18-29(33(45)47-6)38-32(44)28(19-23-10-8-7-9-11-23)37-30(42)17-16-26(41)21-36-31(43)27(39-34(46)48-35(3,4)5)20-24-12-14-25(40)15-13-24/h7-15,22,26-29,40-41H,16-21H2,1-6H3,(H,36,43)(H,37,42)(H,38,44)(H,39,46)/t26-,27-,28-,29-/m0/s1. The summed E-state index contributed by atoms with van der Waals surface area (Å²) in [5.41, 5.74) is 0.664. The summed E-state index contributed by atoms with van der Waals surface area (Å²) in [6, 6.07) is 12.3. The molecule has 0 saturated carbocycles. The summed E-state index contributed by atoms with van der Waals surface area (Å²) in [5, 5.41) is 30.7. The number of ether oxygens (including phenoxy) is 2. The Labute approximate surface area is 282 Å². The van der Waals surface area contributed by atoms with Crippen LogP contribution < -0.4 is 21.3 Å². The maximum absolute atomic E-state index is 13.3. The number of hydrogen-bond donors (Lipinski definition) is 6. The average Bonchev–Trinajstić information content (AvgIpc) is 3.01. The molecule has 13 nitrogen and oxygen atoms in total. The number of hydrogen-bond acceptors (Lipinski definition) is 9. The first-order valence-corrected chi connectivity index (χ1v) is 16.0. The molecule has 13 heteroatoms. The number of phenolic OH excluding ortho intramolecular Hbond substituents is 1. The first kappa shape index (κ1) is 39.5. The van der Waals surface area contributed by atoms with Crippen molar-refractivity contribution >= 4 is 29.8 Å². The number of aromatic hydroxyl groups is 1. The van der Waals surface area contributed by atoms with Gasteiger partial charge in [-0.15, -0.1) is 0 Å². The van der Waals surface area contributed by atoms with Crippen molar-refractivity contribution in [2.45, 2.75) is 96.6 Å². The third-order valence-electron chi connectivity index (χ3n) is 7.04. The van der Waals surface area contributed by atoms with Gasteiger partial charge in [-0.1, -0.05) is 56.3 Å². The van der Waals surface area contributed by atoms with Crippen molar-refractivity contribution in [1.82, 2.24) is 21.3 Å². The highest BCUT2D eigenvalue weighted by atomic mass is 16.6. The highest BCUT2D eigenvalue weighted by molar-refractivity contribution is 5.91. The largest absolute Gasteiger partial charge is 0.508 e. The lowest BCUT2D eigenvalue weighted by Crippen LogP contribution is -2.53. The fourth-order valence-corrected chi connectivity index (χ4v) is 4.69. The van der Waals surface area contributed by atoms with Crippen LogP contribution in [0.5, 0.6) is 5.75 Å². The quantitative estimate of drug-likeness (QED) is 0.137. The molecule has 0 aliphatic rings. The van der Waals surface area contributed by atoms with E-state index in [4.69, 9.17) is 9.47 Å². The van der Waals surface area contributed by atoms with Crippen LogP contribution in [-0.4, -0.2) is 83.5 Å². The van der Waals surface area contributed by atoms with Crippen LogP contribution in [-0.2, 0) is 41.5 Å². The Hall–Kier alpha value is -4.65. The van der Waals surface area contributed by atoms with E-state index in [2.05, 4.69) is 21.3 Å². The number of alkyl carbamates (subject to hydrolysis) is 1. The number of phenols is 1. The number of aliphatic hydroxyl groups is 1. The van der Waals surface area contributed by atoms with Crippen molar-refractivity contribution < 1.29 is 43.7 Å². The van der Waals surface area contributed by atoms with E-state index in [9.17, 15) is 34.2 Å². The van der Waals surface area contributed by atoms with E-state index in [1.54, 1.807) is 32.9 Å². The molecule has 0 spiro atoms. The predicted molar refractivity (Wildman–Crippen MR) is 179 cm³/mol. The van der Waals surface area contributed by atoms with Gasteiger partial charge >= 0.3 is 12.1 Å². The van der Waals surface area contributed by atoms with Gasteiger partial charge in [0.2, 0.25) is 17.7 Å². The monoisotopic (exact) mass is 670 g/mol. The maximum Gasteiger partial charge on any atom is 0.408 e. The molecule has 6 N–H and O–H groups in total. The molecule has 2 aromatic rings. The number of methoxy groups -OCH3 is 1. The molecule has 0 aliphatic heterocycles. The van der Waals surface area contributed by atoms with Crippen LogP contribution >= 0.6 is 0 Å². The molecule has 48 heavy (non-hydrogen) atoms. The first-order valence-electron chi connectivity index (χ1n) is 16.0. The summed E-state index contributed by atoms with van der Waals surface area (Å²) < 4.78 is 10.1. The van der Waals surface area contributed by atoms with E-state index in [0.29, 0.717) is 12.0 Å². The minimum atomic E-state index is -1.12. The summed E-state index contributed by atoms with van der Waals surface area (Å²) >= 11 is 0. The zero-order valence-corrected chi connectivity index (χ0v) is 28.6. The fourth-order valence-electron chi connectivity index (χ4n) is 4.69. The van der Waals surface area contributed by atoms with Gasteiger partial charge in [0.25, 0.3) is 0 Å². The number of amides is 4. The van der Waals surface area contributed by atoms with Crippen molar-refractivity contribution in [3.05, 3.63) is 65.7 Å². The topological polar surface area (TPSA) is 192 Å². The van der Waals surface area contributed by atoms with Gasteiger partial charge in [0, 0.05) is 25.8 Å². The molecule has 0 fully saturated rings. The fraction of sp³-hybridized carbons (Fsp3) is 0.514. The molecule has 0 heterocycles. The zero-order valence-electron chi connectivity index (χ0n) is 28.6. The summed E-state index contributed by atoms with van der Waals surface area (Å²) in [4.78, 5) is 64.1. The van der Waals surface area contributed by atoms with E-state index in [0.717, 1.165) is 5.56 Å². The maximum atomic E-state index is 13.3. The lowest BCUT2D eigenvalue weighted by Gasteiger charge is -2.24. The van der Waals surface area contributed by atoms with Crippen molar-refractivity contribution in [3.8, 4) is 5.75 Å². The van der Waals surface area contributed by atoms with E-state index < -0.39 is 59.6 Å². The lowest BCUT2D eigenvalue weighted by atomic mass is 10.0. The summed E-state index contributed by atoms with van der Waals surface area (Å²) in [5.74, 6) is -2.08. The van der Waals surface area contributed by atoms with Crippen molar-refractivity contribution in [2.24, 2.45) is 5.92 Å². The van der Waals surface area contributed by atoms with Gasteiger partial charge in [0.15, 0.2) is 0 Å². The van der Waals surface area contributed by atoms with Crippen LogP contribution in [0.15, 0.2) is 54.6 Å². The smallest absolute Gasteiger partial charge is 0.408 e. The summed E-state index contributed by atoms with van der Waals surface area (Å²) in [6.07, 6.45) is -1.50. The van der Waals surface area contributed by atoms with Crippen LogP contribution in [0, 0.1) is 5.92 Å². The molecule has 0 bridgehead atoms. The van der Waals surface area contributed by atoms with E-state index in [1.807, 2.05) is 44.2 Å². The predicted octanol–water partition coefficient (Wildman–Crippen LogP) is 2.52. The molecule has 2 rings (SSSR count). The second-order valence-corrected chi connectivity index (χ2v) is 13.0. The number of nitrogens with one attached hydrogen (secondary N) is 4. The highest BCUT2D eigenvalue weighted by Gasteiger charge is 2.29. The normalized spacial score (nSPS) is 13.8. The molecule has 0 radical (unpaired) electrons. The Morgan fingerprint density at radius 3 is 1.94 bits per heavy atom. The first-order chi connectivity index (χ1) is 22.6. The van der Waals surface area contributed by atoms with Gasteiger partial charge in [-0.25, -0.2) is 9.59 Å². The number of carbonyl (C=O) groups excluding carboxylic acids is 5. The van der Waals surface area contributed by atoms with Gasteiger partial charge in [-0.2, -0.15) is 0 Å². The lowest BCUT2D eigenvalue weighted by molar-refractivity contribution is -0.145. The van der Waals surface area contributed by atoms with Gasteiger partial charge in [0.1, 0.15) is 29.5 Å². The Bertz CT molecular complexity index is 1340. The van der Waals surface area contributed by atoms with E-state index in [1.165, 1.54) is 19.2 Å². The molecule has 0 saturated heterocycles. The third kappa shape index (κ3) is 15.3. The minimum Gasteiger partial charge on any atom is -0.508 e. The van der Waals surface area contributed by atoms with E-state index >= 15 is 0 Å². The molecule has 2 aromatic carbocycles. The van der Waals surface area contributed by atoms with Crippen LogP contribution in [0.25, 0.3) is 0 Å². The van der Waals surface area contributed by atoms with Crippen LogP contribution in [0.2, 0.25) is 0 Å². The van der Waals surface area contributed by atoms with Gasteiger partial charge in [-0.3, -0.25) is 14.4 Å². The Morgan fingerprint density at radius 1 is 0.792 bits per heavy atom. The highest BCUT2D eigenvalue weighted by Crippen LogP contribution is 2.13. The zero-order chi connectivity index (χ0) is 35.9. The van der Waals surface area contributed by atoms with Crippen LogP contribution in [0.3, 0.4) is 0 Å². The van der Waals surface area contributed by atoms with Crippen LogP contribution in [0.1, 0.15) is 65.0 Å². The molecule has 0 aliphatic carbocycles. The summed E-state index contributed by atoms with van der Waals surface area (Å²) in [7, 11) is 1.24. The van der Waals surface area contributed by atoms with Gasteiger partial charge in [-0.05, 0) is 62.8 Å². The molecule has 264 valence electrons. The Balaban J connectivity index is 2.01. The number of aliphatic hydroxyl groups excluding tert-OH is 1. The van der Waals surface area contributed by atoms with Gasteiger partial charge < -0.3 is 41.0 Å². The Kier molecular flexibility index (Phi) is 15.8. The molecular formula is C35H50N4O9. The third-order valence-corrected chi connectivity index (χ3v) is 7.04. The van der Waals surface area contributed by atoms with Gasteiger partial charge in [0.05, 0.1) is 13.2 Å². The molecular weight excluding hydrogens is 620 g/mol. The SMILES string of the molecule is COC(=O)[C@H](CC(C)C)NC(=O)[C@H](Cc1ccccc1)NC(=O)CC[C@H](O)CNC(=O)[C@H](Cc1ccc(O)cc1)NC(=O)OC(C)(C)C. The van der Waals surface area contributed by atoms with Crippen molar-refractivity contribution in [3.63, 3.8) is 0 Å². The Morgan fingerprint density at radius 2 is 1.38 bits per heavy atom. The number of rotatable bonds is 17. The average molecular weight is 671 g/mol. The number of esters is 1.